The number of carbonyl (C=O) groups excluding carboxylic acids is 1. The van der Waals surface area contributed by atoms with Crippen LogP contribution in [-0.4, -0.2) is 28.9 Å². The van der Waals surface area contributed by atoms with Crippen LogP contribution in [-0.2, 0) is 22.4 Å². The summed E-state index contributed by atoms with van der Waals surface area (Å²) in [4.78, 5) is 23.3. The van der Waals surface area contributed by atoms with Crippen LogP contribution >= 0.6 is 0 Å². The SMILES string of the molecule is Cc1ccccc1CCOC(=O)Nc1c(-c2ccc(-c3ccc(CC(=O)O)cc3)cc2)noc1C. The van der Waals surface area contributed by atoms with Crippen molar-refractivity contribution in [3.63, 3.8) is 0 Å². The number of rotatable bonds is 8. The Bertz CT molecular complexity index is 1320. The lowest BCUT2D eigenvalue weighted by Gasteiger charge is -2.09. The summed E-state index contributed by atoms with van der Waals surface area (Å²) in [5, 5.41) is 15.8. The first kappa shape index (κ1) is 23.8. The summed E-state index contributed by atoms with van der Waals surface area (Å²) in [6.07, 6.45) is 0.0626. The van der Waals surface area contributed by atoms with Crippen LogP contribution in [0.5, 0.6) is 0 Å². The van der Waals surface area contributed by atoms with E-state index in [1.165, 1.54) is 0 Å². The number of nitrogens with zero attached hydrogens (tertiary/aromatic N) is 1. The standard InChI is InChI=1S/C28H26N2O5/c1-18-5-3-4-6-21(18)15-16-34-28(33)29-26-19(2)35-30-27(26)24-13-11-23(12-14-24)22-9-7-20(8-10-22)17-25(31)32/h3-14H,15-17H2,1-2H3,(H,29,33)(H,31,32). The lowest BCUT2D eigenvalue weighted by Crippen LogP contribution is -2.16. The number of aliphatic carboxylic acids is 1. The normalized spacial score (nSPS) is 10.7. The molecule has 2 N–H and O–H groups in total. The number of hydrogen-bond donors (Lipinski definition) is 2. The summed E-state index contributed by atoms with van der Waals surface area (Å²) in [6, 6.07) is 23.1. The molecule has 7 nitrogen and oxygen atoms in total. The summed E-state index contributed by atoms with van der Waals surface area (Å²) in [6.45, 7) is 4.02. The Balaban J connectivity index is 1.41. The minimum absolute atomic E-state index is 0.00512. The summed E-state index contributed by atoms with van der Waals surface area (Å²) in [5.74, 6) is -0.376. The Morgan fingerprint density at radius 3 is 2.20 bits per heavy atom. The molecule has 178 valence electrons. The number of aromatic nitrogens is 1. The van der Waals surface area contributed by atoms with Gasteiger partial charge in [0.05, 0.1) is 13.0 Å². The summed E-state index contributed by atoms with van der Waals surface area (Å²) < 4.78 is 10.7. The van der Waals surface area contributed by atoms with Crippen molar-refractivity contribution in [2.45, 2.75) is 26.7 Å². The second-order valence-electron chi connectivity index (χ2n) is 8.24. The molecule has 0 fully saturated rings. The zero-order valence-corrected chi connectivity index (χ0v) is 19.6. The monoisotopic (exact) mass is 470 g/mol. The van der Waals surface area contributed by atoms with Crippen LogP contribution in [0.2, 0.25) is 0 Å². The number of benzene rings is 3. The molecule has 4 rings (SSSR count). The van der Waals surface area contributed by atoms with E-state index in [1.807, 2.05) is 79.7 Å². The minimum Gasteiger partial charge on any atom is -0.481 e. The molecule has 7 heteroatoms. The second kappa shape index (κ2) is 10.7. The molecule has 35 heavy (non-hydrogen) atoms. The smallest absolute Gasteiger partial charge is 0.411 e. The van der Waals surface area contributed by atoms with Crippen molar-refractivity contribution in [2.24, 2.45) is 0 Å². The third-order valence-corrected chi connectivity index (χ3v) is 5.76. The van der Waals surface area contributed by atoms with Gasteiger partial charge < -0.3 is 14.4 Å². The highest BCUT2D eigenvalue weighted by Gasteiger charge is 2.18. The molecule has 0 bridgehead atoms. The molecule has 0 radical (unpaired) electrons. The molecule has 1 amide bonds. The molecule has 0 saturated heterocycles. The van der Waals surface area contributed by atoms with Crippen molar-refractivity contribution in [1.29, 1.82) is 0 Å². The van der Waals surface area contributed by atoms with Gasteiger partial charge >= 0.3 is 12.1 Å². The first-order valence-electron chi connectivity index (χ1n) is 11.3. The van der Waals surface area contributed by atoms with Crippen LogP contribution in [0.15, 0.2) is 77.3 Å². The van der Waals surface area contributed by atoms with Crippen LogP contribution in [0.1, 0.15) is 22.5 Å². The first-order chi connectivity index (χ1) is 16.9. The van der Waals surface area contributed by atoms with Gasteiger partial charge in [-0.1, -0.05) is 78.0 Å². The van der Waals surface area contributed by atoms with Gasteiger partial charge in [0.1, 0.15) is 11.4 Å². The zero-order valence-electron chi connectivity index (χ0n) is 19.6. The maximum Gasteiger partial charge on any atom is 0.411 e. The second-order valence-corrected chi connectivity index (χ2v) is 8.24. The number of hydrogen-bond acceptors (Lipinski definition) is 5. The van der Waals surface area contributed by atoms with Gasteiger partial charge in [-0.05, 0) is 41.7 Å². The fourth-order valence-electron chi connectivity index (χ4n) is 3.81. The largest absolute Gasteiger partial charge is 0.481 e. The fraction of sp³-hybridized carbons (Fsp3) is 0.179. The number of aryl methyl sites for hydroxylation is 2. The Morgan fingerprint density at radius 2 is 1.54 bits per heavy atom. The van der Waals surface area contributed by atoms with E-state index < -0.39 is 12.1 Å². The highest BCUT2D eigenvalue weighted by atomic mass is 16.5. The lowest BCUT2D eigenvalue weighted by molar-refractivity contribution is -0.136. The number of carboxylic acid groups (broad SMARTS) is 1. The van der Waals surface area contributed by atoms with E-state index >= 15 is 0 Å². The number of carboxylic acids is 1. The van der Waals surface area contributed by atoms with E-state index in [1.54, 1.807) is 6.92 Å². The third kappa shape index (κ3) is 5.95. The van der Waals surface area contributed by atoms with E-state index in [2.05, 4.69) is 10.5 Å². The number of ether oxygens (including phenoxy) is 1. The lowest BCUT2D eigenvalue weighted by atomic mass is 10.0. The molecule has 0 aliphatic rings. The fourth-order valence-corrected chi connectivity index (χ4v) is 3.81. The van der Waals surface area contributed by atoms with E-state index in [0.717, 1.165) is 33.4 Å². The van der Waals surface area contributed by atoms with Crippen molar-refractivity contribution in [2.75, 3.05) is 11.9 Å². The molecule has 0 unspecified atom stereocenters. The van der Waals surface area contributed by atoms with Crippen molar-refractivity contribution >= 4 is 17.7 Å². The Hall–Kier alpha value is -4.39. The quantitative estimate of drug-likeness (QED) is 0.325. The highest BCUT2D eigenvalue weighted by molar-refractivity contribution is 5.91. The average molecular weight is 471 g/mol. The van der Waals surface area contributed by atoms with Gasteiger partial charge in [-0.25, -0.2) is 4.79 Å². The molecule has 1 heterocycles. The van der Waals surface area contributed by atoms with Crippen LogP contribution in [0.3, 0.4) is 0 Å². The van der Waals surface area contributed by atoms with Crippen molar-refractivity contribution in [1.82, 2.24) is 5.16 Å². The average Bonchev–Trinajstić information content (AvgIpc) is 3.20. The van der Waals surface area contributed by atoms with Gasteiger partial charge in [0.25, 0.3) is 0 Å². The molecule has 1 aromatic heterocycles. The van der Waals surface area contributed by atoms with Gasteiger partial charge in [-0.2, -0.15) is 0 Å². The van der Waals surface area contributed by atoms with Crippen molar-refractivity contribution < 1.29 is 24.0 Å². The summed E-state index contributed by atoms with van der Waals surface area (Å²) in [5.41, 5.74) is 6.75. The molecule has 4 aromatic rings. The molecular formula is C28H26N2O5. The molecule has 3 aromatic carbocycles. The van der Waals surface area contributed by atoms with Gasteiger partial charge in [-0.3, -0.25) is 10.1 Å². The maximum absolute atomic E-state index is 12.4. The molecule has 0 aliphatic heterocycles. The Labute approximate surface area is 203 Å². The number of anilines is 1. The topological polar surface area (TPSA) is 102 Å². The van der Waals surface area contributed by atoms with E-state index in [0.29, 0.717) is 23.6 Å². The van der Waals surface area contributed by atoms with Crippen LogP contribution < -0.4 is 5.32 Å². The number of amides is 1. The molecular weight excluding hydrogens is 444 g/mol. The predicted molar refractivity (Wildman–Crippen MR) is 133 cm³/mol. The Morgan fingerprint density at radius 1 is 0.914 bits per heavy atom. The van der Waals surface area contributed by atoms with Crippen LogP contribution in [0.25, 0.3) is 22.4 Å². The molecule has 0 aliphatic carbocycles. The Kier molecular flexibility index (Phi) is 7.26. The molecule has 0 saturated carbocycles. The van der Waals surface area contributed by atoms with Crippen LogP contribution in [0, 0.1) is 13.8 Å². The van der Waals surface area contributed by atoms with Crippen molar-refractivity contribution in [3.8, 4) is 22.4 Å². The van der Waals surface area contributed by atoms with Crippen LogP contribution in [0.4, 0.5) is 10.5 Å². The van der Waals surface area contributed by atoms with Gasteiger partial charge in [0.2, 0.25) is 0 Å². The van der Waals surface area contributed by atoms with Gasteiger partial charge in [0.15, 0.2) is 5.76 Å². The number of nitrogens with one attached hydrogen (secondary N) is 1. The van der Waals surface area contributed by atoms with E-state index in [9.17, 15) is 9.59 Å². The number of carbonyl (C=O) groups is 2. The van der Waals surface area contributed by atoms with E-state index in [-0.39, 0.29) is 13.0 Å². The summed E-state index contributed by atoms with van der Waals surface area (Å²) >= 11 is 0. The zero-order chi connectivity index (χ0) is 24.8. The van der Waals surface area contributed by atoms with Gasteiger partial charge in [-0.15, -0.1) is 0 Å². The van der Waals surface area contributed by atoms with Crippen molar-refractivity contribution in [3.05, 3.63) is 95.2 Å². The molecule has 0 spiro atoms. The van der Waals surface area contributed by atoms with E-state index in [4.69, 9.17) is 14.4 Å². The third-order valence-electron chi connectivity index (χ3n) is 5.76. The molecule has 0 atom stereocenters. The minimum atomic E-state index is -0.857. The maximum atomic E-state index is 12.4. The summed E-state index contributed by atoms with van der Waals surface area (Å²) in [7, 11) is 0. The first-order valence-corrected chi connectivity index (χ1v) is 11.3. The predicted octanol–water partition coefficient (Wildman–Crippen LogP) is 6.04. The van der Waals surface area contributed by atoms with Gasteiger partial charge in [0, 0.05) is 12.0 Å². The highest BCUT2D eigenvalue weighted by Crippen LogP contribution is 2.32.